The molecular formula is C14H9BrClFO. The molecule has 0 aliphatic rings. The summed E-state index contributed by atoms with van der Waals surface area (Å²) in [5.74, 6) is -0.545. The van der Waals surface area contributed by atoms with Gasteiger partial charge < -0.3 is 0 Å². The van der Waals surface area contributed by atoms with E-state index in [0.29, 0.717) is 21.7 Å². The molecule has 18 heavy (non-hydrogen) atoms. The number of halogens is 3. The SMILES string of the molecule is Cc1cc(C(=O)c2cc(Br)ccc2Cl)ccc1F. The van der Waals surface area contributed by atoms with Crippen molar-refractivity contribution in [2.75, 3.05) is 0 Å². The highest BCUT2D eigenvalue weighted by Crippen LogP contribution is 2.24. The quantitative estimate of drug-likeness (QED) is 0.725. The van der Waals surface area contributed by atoms with Gasteiger partial charge in [-0.25, -0.2) is 4.39 Å². The number of rotatable bonds is 2. The van der Waals surface area contributed by atoms with Gasteiger partial charge >= 0.3 is 0 Å². The second kappa shape index (κ2) is 5.21. The van der Waals surface area contributed by atoms with Crippen LogP contribution >= 0.6 is 27.5 Å². The lowest BCUT2D eigenvalue weighted by atomic mass is 10.0. The molecule has 0 N–H and O–H groups in total. The summed E-state index contributed by atoms with van der Waals surface area (Å²) < 4.78 is 13.9. The Bertz CT molecular complexity index is 625. The Balaban J connectivity index is 2.47. The van der Waals surface area contributed by atoms with Gasteiger partial charge in [0.1, 0.15) is 5.82 Å². The van der Waals surface area contributed by atoms with Crippen LogP contribution in [0.4, 0.5) is 4.39 Å². The molecule has 0 bridgehead atoms. The van der Waals surface area contributed by atoms with Gasteiger partial charge in [0, 0.05) is 15.6 Å². The molecule has 0 amide bonds. The predicted octanol–water partition coefficient (Wildman–Crippen LogP) is 4.78. The summed E-state index contributed by atoms with van der Waals surface area (Å²) in [4.78, 5) is 12.3. The second-order valence-corrected chi connectivity index (χ2v) is 5.24. The van der Waals surface area contributed by atoms with E-state index in [2.05, 4.69) is 15.9 Å². The third kappa shape index (κ3) is 2.62. The van der Waals surface area contributed by atoms with Crippen molar-refractivity contribution < 1.29 is 9.18 Å². The van der Waals surface area contributed by atoms with Gasteiger partial charge in [0.25, 0.3) is 0 Å². The van der Waals surface area contributed by atoms with Crippen LogP contribution < -0.4 is 0 Å². The van der Waals surface area contributed by atoms with E-state index in [1.165, 1.54) is 18.2 Å². The Labute approximate surface area is 118 Å². The second-order valence-electron chi connectivity index (χ2n) is 3.92. The molecule has 2 aromatic carbocycles. The van der Waals surface area contributed by atoms with E-state index in [-0.39, 0.29) is 11.6 Å². The molecule has 0 aromatic heterocycles. The predicted molar refractivity (Wildman–Crippen MR) is 73.7 cm³/mol. The van der Waals surface area contributed by atoms with Crippen LogP contribution in [0.3, 0.4) is 0 Å². The van der Waals surface area contributed by atoms with Gasteiger partial charge in [0.2, 0.25) is 0 Å². The molecule has 0 unspecified atom stereocenters. The zero-order chi connectivity index (χ0) is 13.3. The van der Waals surface area contributed by atoms with Crippen LogP contribution in [0.15, 0.2) is 40.9 Å². The van der Waals surface area contributed by atoms with E-state index in [1.54, 1.807) is 25.1 Å². The van der Waals surface area contributed by atoms with Crippen molar-refractivity contribution >= 4 is 33.3 Å². The average Bonchev–Trinajstić information content (AvgIpc) is 2.35. The first-order valence-corrected chi connectivity index (χ1v) is 6.42. The van der Waals surface area contributed by atoms with Crippen molar-refractivity contribution in [3.05, 3.63) is 68.4 Å². The third-order valence-corrected chi connectivity index (χ3v) is 3.42. The maximum Gasteiger partial charge on any atom is 0.194 e. The topological polar surface area (TPSA) is 17.1 Å². The standard InChI is InChI=1S/C14H9BrClFO/c1-8-6-9(2-5-13(8)17)14(18)11-7-10(15)3-4-12(11)16/h2-7H,1H3. The van der Waals surface area contributed by atoms with Crippen molar-refractivity contribution in [2.45, 2.75) is 6.92 Å². The first-order valence-electron chi connectivity index (χ1n) is 5.25. The minimum atomic E-state index is -0.327. The summed E-state index contributed by atoms with van der Waals surface area (Å²) in [5, 5.41) is 0.380. The lowest BCUT2D eigenvalue weighted by Gasteiger charge is -2.06. The van der Waals surface area contributed by atoms with Gasteiger partial charge in [0.05, 0.1) is 5.02 Å². The molecule has 0 radical (unpaired) electrons. The number of aryl methyl sites for hydroxylation is 1. The Kier molecular flexibility index (Phi) is 3.83. The largest absolute Gasteiger partial charge is 0.289 e. The van der Waals surface area contributed by atoms with E-state index in [9.17, 15) is 9.18 Å². The van der Waals surface area contributed by atoms with Gasteiger partial charge in [0.15, 0.2) is 5.78 Å². The minimum Gasteiger partial charge on any atom is -0.289 e. The van der Waals surface area contributed by atoms with Gasteiger partial charge in [-0.2, -0.15) is 0 Å². The molecule has 1 nitrogen and oxygen atoms in total. The normalized spacial score (nSPS) is 10.4. The molecule has 2 rings (SSSR count). The van der Waals surface area contributed by atoms with Crippen LogP contribution in [-0.2, 0) is 0 Å². The van der Waals surface area contributed by atoms with Gasteiger partial charge in [-0.05, 0) is 48.9 Å². The summed E-state index contributed by atoms with van der Waals surface area (Å²) in [5.41, 5.74) is 1.26. The maximum absolute atomic E-state index is 13.2. The van der Waals surface area contributed by atoms with Gasteiger partial charge in [-0.1, -0.05) is 27.5 Å². The van der Waals surface area contributed by atoms with Crippen LogP contribution in [0.1, 0.15) is 21.5 Å². The Morgan fingerprint density at radius 2 is 1.94 bits per heavy atom. The smallest absolute Gasteiger partial charge is 0.194 e. The maximum atomic E-state index is 13.2. The summed E-state index contributed by atoms with van der Waals surface area (Å²) in [6.07, 6.45) is 0. The third-order valence-electron chi connectivity index (χ3n) is 2.59. The molecule has 92 valence electrons. The zero-order valence-electron chi connectivity index (χ0n) is 9.51. The Morgan fingerprint density at radius 3 is 2.61 bits per heavy atom. The molecule has 0 heterocycles. The highest BCUT2D eigenvalue weighted by Gasteiger charge is 2.14. The summed E-state index contributed by atoms with van der Waals surface area (Å²) in [6.45, 7) is 1.62. The van der Waals surface area contributed by atoms with E-state index in [4.69, 9.17) is 11.6 Å². The summed E-state index contributed by atoms with van der Waals surface area (Å²) >= 11 is 9.29. The average molecular weight is 328 g/mol. The molecule has 0 fully saturated rings. The van der Waals surface area contributed by atoms with E-state index >= 15 is 0 Å². The summed E-state index contributed by atoms with van der Waals surface area (Å²) in [7, 11) is 0. The van der Waals surface area contributed by atoms with Gasteiger partial charge in [-0.15, -0.1) is 0 Å². The number of hydrogen-bond acceptors (Lipinski definition) is 1. The Morgan fingerprint density at radius 1 is 1.22 bits per heavy atom. The van der Waals surface area contributed by atoms with Crippen LogP contribution in [0.2, 0.25) is 5.02 Å². The molecule has 0 saturated carbocycles. The fraction of sp³-hybridized carbons (Fsp3) is 0.0714. The number of carbonyl (C=O) groups excluding carboxylic acids is 1. The Hall–Kier alpha value is -1.19. The number of ketones is 1. The van der Waals surface area contributed by atoms with Crippen LogP contribution in [-0.4, -0.2) is 5.78 Å². The lowest BCUT2D eigenvalue weighted by Crippen LogP contribution is -2.03. The van der Waals surface area contributed by atoms with Crippen molar-refractivity contribution in [1.82, 2.24) is 0 Å². The van der Waals surface area contributed by atoms with Crippen LogP contribution in [0.5, 0.6) is 0 Å². The molecule has 2 aromatic rings. The molecular weight excluding hydrogens is 319 g/mol. The van der Waals surface area contributed by atoms with Crippen molar-refractivity contribution in [2.24, 2.45) is 0 Å². The lowest BCUT2D eigenvalue weighted by molar-refractivity contribution is 0.103. The van der Waals surface area contributed by atoms with Crippen molar-refractivity contribution in [3.63, 3.8) is 0 Å². The molecule has 0 atom stereocenters. The van der Waals surface area contributed by atoms with Crippen LogP contribution in [0, 0.1) is 12.7 Å². The number of carbonyl (C=O) groups is 1. The monoisotopic (exact) mass is 326 g/mol. The van der Waals surface area contributed by atoms with Crippen molar-refractivity contribution in [1.29, 1.82) is 0 Å². The van der Waals surface area contributed by atoms with E-state index in [0.717, 1.165) is 4.47 Å². The highest BCUT2D eigenvalue weighted by atomic mass is 79.9. The number of benzene rings is 2. The molecule has 0 saturated heterocycles. The fourth-order valence-corrected chi connectivity index (χ4v) is 2.18. The fourth-order valence-electron chi connectivity index (χ4n) is 1.61. The molecule has 4 heteroatoms. The first-order chi connectivity index (χ1) is 8.49. The van der Waals surface area contributed by atoms with Gasteiger partial charge in [-0.3, -0.25) is 4.79 Å². The molecule has 0 aliphatic heterocycles. The minimum absolute atomic E-state index is 0.218. The van der Waals surface area contributed by atoms with Crippen molar-refractivity contribution in [3.8, 4) is 0 Å². The molecule has 0 aliphatic carbocycles. The number of hydrogen-bond donors (Lipinski definition) is 0. The molecule has 0 spiro atoms. The van der Waals surface area contributed by atoms with E-state index < -0.39 is 0 Å². The summed E-state index contributed by atoms with van der Waals surface area (Å²) in [6, 6.07) is 9.33. The van der Waals surface area contributed by atoms with Crippen LogP contribution in [0.25, 0.3) is 0 Å². The highest BCUT2D eigenvalue weighted by molar-refractivity contribution is 9.10. The zero-order valence-corrected chi connectivity index (χ0v) is 11.8. The van der Waals surface area contributed by atoms with E-state index in [1.807, 2.05) is 0 Å². The first kappa shape index (κ1) is 13.2.